The molecule has 0 fully saturated rings. The number of nitrogens with zero attached hydrogens (tertiary/aromatic N) is 1. The van der Waals surface area contributed by atoms with E-state index < -0.39 is 0 Å². The van der Waals surface area contributed by atoms with E-state index in [4.69, 9.17) is 9.47 Å². The lowest BCUT2D eigenvalue weighted by molar-refractivity contribution is -0.121. The Labute approximate surface area is 162 Å². The van der Waals surface area contributed by atoms with E-state index in [-0.39, 0.29) is 11.9 Å². The van der Waals surface area contributed by atoms with E-state index in [2.05, 4.69) is 10.2 Å². The molecule has 146 valence electrons. The molecule has 0 spiro atoms. The Balaban J connectivity index is 1.80. The summed E-state index contributed by atoms with van der Waals surface area (Å²) in [6.45, 7) is 3.08. The first-order chi connectivity index (χ1) is 13.0. The van der Waals surface area contributed by atoms with Crippen molar-refractivity contribution in [3.8, 4) is 11.5 Å². The number of benzene rings is 2. The second kappa shape index (κ2) is 10.6. The average Bonchev–Trinajstić information content (AvgIpc) is 2.66. The Hall–Kier alpha value is -2.53. The highest BCUT2D eigenvalue weighted by Crippen LogP contribution is 2.27. The van der Waals surface area contributed by atoms with Gasteiger partial charge in [-0.3, -0.25) is 4.79 Å². The first kappa shape index (κ1) is 20.8. The monoisotopic (exact) mass is 370 g/mol. The van der Waals surface area contributed by atoms with E-state index in [1.165, 1.54) is 0 Å². The molecule has 0 aliphatic rings. The zero-order valence-electron chi connectivity index (χ0n) is 16.7. The van der Waals surface area contributed by atoms with Crippen molar-refractivity contribution in [3.05, 3.63) is 59.7 Å². The molecule has 0 aliphatic carbocycles. The minimum absolute atomic E-state index is 0.0325. The predicted molar refractivity (Wildman–Crippen MR) is 108 cm³/mol. The highest BCUT2D eigenvalue weighted by atomic mass is 16.5. The van der Waals surface area contributed by atoms with Crippen molar-refractivity contribution in [3.63, 3.8) is 0 Å². The number of likely N-dealkylation sites (N-methyl/N-ethyl adjacent to an activating group) is 1. The highest BCUT2D eigenvalue weighted by Gasteiger charge is 2.18. The second-order valence-electron chi connectivity index (χ2n) is 6.74. The Morgan fingerprint density at radius 3 is 2.41 bits per heavy atom. The molecule has 0 radical (unpaired) electrons. The van der Waals surface area contributed by atoms with Crippen molar-refractivity contribution in [2.45, 2.75) is 25.8 Å². The molecule has 0 aromatic heterocycles. The van der Waals surface area contributed by atoms with E-state index in [0.717, 1.165) is 22.6 Å². The molecular formula is C22H30N2O3. The van der Waals surface area contributed by atoms with Crippen molar-refractivity contribution in [1.29, 1.82) is 0 Å². The Kier molecular flexibility index (Phi) is 8.14. The van der Waals surface area contributed by atoms with E-state index in [9.17, 15) is 4.79 Å². The van der Waals surface area contributed by atoms with E-state index in [1.54, 1.807) is 7.11 Å². The molecule has 0 bridgehead atoms. The summed E-state index contributed by atoms with van der Waals surface area (Å²) < 4.78 is 11.2. The highest BCUT2D eigenvalue weighted by molar-refractivity contribution is 5.75. The van der Waals surface area contributed by atoms with Crippen LogP contribution < -0.4 is 14.8 Å². The van der Waals surface area contributed by atoms with Gasteiger partial charge in [-0.05, 0) is 45.1 Å². The molecule has 2 aromatic rings. The number of aryl methyl sites for hydroxylation is 1. The van der Waals surface area contributed by atoms with Crippen LogP contribution >= 0.6 is 0 Å². The van der Waals surface area contributed by atoms with Crippen LogP contribution in [0.15, 0.2) is 48.5 Å². The van der Waals surface area contributed by atoms with Crippen LogP contribution in [0.4, 0.5) is 0 Å². The molecule has 1 atom stereocenters. The first-order valence-corrected chi connectivity index (χ1v) is 9.27. The third-order valence-electron chi connectivity index (χ3n) is 4.51. The molecule has 2 rings (SSSR count). The molecule has 0 aliphatic heterocycles. The molecule has 1 unspecified atom stereocenters. The third-order valence-corrected chi connectivity index (χ3v) is 4.51. The fraction of sp³-hybridized carbons (Fsp3) is 0.409. The minimum atomic E-state index is 0.0325. The van der Waals surface area contributed by atoms with Crippen molar-refractivity contribution in [2.75, 3.05) is 34.4 Å². The zero-order chi connectivity index (χ0) is 19.6. The lowest BCUT2D eigenvalue weighted by atomic mass is 10.0. The molecule has 0 saturated carbocycles. The van der Waals surface area contributed by atoms with E-state index >= 15 is 0 Å². The number of nitrogens with one attached hydrogen (secondary N) is 1. The van der Waals surface area contributed by atoms with E-state index in [0.29, 0.717) is 26.0 Å². The summed E-state index contributed by atoms with van der Waals surface area (Å²) in [5.41, 5.74) is 2.17. The van der Waals surface area contributed by atoms with Crippen LogP contribution in [0, 0.1) is 6.92 Å². The van der Waals surface area contributed by atoms with Gasteiger partial charge in [-0.2, -0.15) is 0 Å². The number of rotatable bonds is 10. The first-order valence-electron chi connectivity index (χ1n) is 9.27. The number of hydrogen-bond donors (Lipinski definition) is 1. The van der Waals surface area contributed by atoms with Crippen LogP contribution in [0.5, 0.6) is 11.5 Å². The Morgan fingerprint density at radius 1 is 1.07 bits per heavy atom. The van der Waals surface area contributed by atoms with Crippen LogP contribution in [0.1, 0.15) is 30.0 Å². The summed E-state index contributed by atoms with van der Waals surface area (Å²) in [7, 11) is 5.66. The summed E-state index contributed by atoms with van der Waals surface area (Å²) in [6.07, 6.45) is 1.12. The Bertz CT molecular complexity index is 731. The second-order valence-corrected chi connectivity index (χ2v) is 6.74. The van der Waals surface area contributed by atoms with Gasteiger partial charge in [0, 0.05) is 18.5 Å². The van der Waals surface area contributed by atoms with Gasteiger partial charge in [0.05, 0.1) is 19.8 Å². The maximum absolute atomic E-state index is 12.2. The quantitative estimate of drug-likeness (QED) is 0.650. The third kappa shape index (κ3) is 6.29. The van der Waals surface area contributed by atoms with Crippen LogP contribution in [-0.4, -0.2) is 45.2 Å². The van der Waals surface area contributed by atoms with Crippen molar-refractivity contribution < 1.29 is 14.3 Å². The standard InChI is InChI=1S/C22H30N2O3/c1-17-10-5-7-12-20(17)27-15-9-14-22(25)23-16-19(24(2)3)18-11-6-8-13-21(18)26-4/h5-8,10-13,19H,9,14-16H2,1-4H3,(H,23,25). The fourth-order valence-corrected chi connectivity index (χ4v) is 2.94. The van der Waals surface area contributed by atoms with Gasteiger partial charge in [0.2, 0.25) is 5.91 Å². The molecule has 5 nitrogen and oxygen atoms in total. The van der Waals surface area contributed by atoms with Gasteiger partial charge in [-0.25, -0.2) is 0 Å². The molecule has 5 heteroatoms. The van der Waals surface area contributed by atoms with Crippen LogP contribution in [0.25, 0.3) is 0 Å². The minimum Gasteiger partial charge on any atom is -0.496 e. The molecule has 0 saturated heterocycles. The smallest absolute Gasteiger partial charge is 0.220 e. The van der Waals surface area contributed by atoms with Gasteiger partial charge in [0.15, 0.2) is 0 Å². The number of hydrogen-bond acceptors (Lipinski definition) is 4. The number of methoxy groups -OCH3 is 1. The van der Waals surface area contributed by atoms with Crippen LogP contribution in [0.2, 0.25) is 0 Å². The molecule has 1 amide bonds. The molecule has 2 aromatic carbocycles. The largest absolute Gasteiger partial charge is 0.496 e. The summed E-state index contributed by atoms with van der Waals surface area (Å²) in [4.78, 5) is 14.3. The van der Waals surface area contributed by atoms with Crippen molar-refractivity contribution in [2.24, 2.45) is 0 Å². The lowest BCUT2D eigenvalue weighted by Gasteiger charge is -2.26. The molecule has 0 heterocycles. The number of carbonyl (C=O) groups is 1. The molecule has 1 N–H and O–H groups in total. The number of para-hydroxylation sites is 2. The zero-order valence-corrected chi connectivity index (χ0v) is 16.7. The van der Waals surface area contributed by atoms with Crippen LogP contribution in [0.3, 0.4) is 0 Å². The SMILES string of the molecule is COc1ccccc1C(CNC(=O)CCCOc1ccccc1C)N(C)C. The molecular weight excluding hydrogens is 340 g/mol. The summed E-state index contributed by atoms with van der Waals surface area (Å²) >= 11 is 0. The van der Waals surface area contributed by atoms with Gasteiger partial charge in [0.25, 0.3) is 0 Å². The lowest BCUT2D eigenvalue weighted by Crippen LogP contribution is -2.34. The molecule has 27 heavy (non-hydrogen) atoms. The van der Waals surface area contributed by atoms with Crippen molar-refractivity contribution >= 4 is 5.91 Å². The van der Waals surface area contributed by atoms with E-state index in [1.807, 2.05) is 69.6 Å². The maximum Gasteiger partial charge on any atom is 0.220 e. The summed E-state index contributed by atoms with van der Waals surface area (Å²) in [5, 5.41) is 3.03. The maximum atomic E-state index is 12.2. The summed E-state index contributed by atoms with van der Waals surface area (Å²) in [6, 6.07) is 15.9. The number of ether oxygens (including phenoxy) is 2. The normalized spacial score (nSPS) is 11.9. The van der Waals surface area contributed by atoms with Crippen molar-refractivity contribution in [1.82, 2.24) is 10.2 Å². The topological polar surface area (TPSA) is 50.8 Å². The van der Waals surface area contributed by atoms with Crippen LogP contribution in [-0.2, 0) is 4.79 Å². The average molecular weight is 370 g/mol. The Morgan fingerprint density at radius 2 is 1.74 bits per heavy atom. The van der Waals surface area contributed by atoms with Gasteiger partial charge in [0.1, 0.15) is 11.5 Å². The fourth-order valence-electron chi connectivity index (χ4n) is 2.94. The number of amides is 1. The predicted octanol–water partition coefficient (Wildman–Crippen LogP) is 3.58. The van der Waals surface area contributed by atoms with Gasteiger partial charge < -0.3 is 19.7 Å². The van der Waals surface area contributed by atoms with Gasteiger partial charge >= 0.3 is 0 Å². The summed E-state index contributed by atoms with van der Waals surface area (Å²) in [5.74, 6) is 1.74. The van der Waals surface area contributed by atoms with Gasteiger partial charge in [-0.1, -0.05) is 36.4 Å². The number of carbonyl (C=O) groups excluding carboxylic acids is 1. The van der Waals surface area contributed by atoms with Gasteiger partial charge in [-0.15, -0.1) is 0 Å².